The van der Waals surface area contributed by atoms with Crippen LogP contribution >= 0.6 is 0 Å². The van der Waals surface area contributed by atoms with Crippen LogP contribution in [0, 0.1) is 11.3 Å². The molecule has 1 saturated carbocycles. The molecular weight excluding hydrogens is 487 g/mol. The zero-order valence-corrected chi connectivity index (χ0v) is 21.7. The van der Waals surface area contributed by atoms with E-state index in [1.807, 2.05) is 19.1 Å². The highest BCUT2D eigenvalue weighted by Crippen LogP contribution is 2.39. The maximum absolute atomic E-state index is 12.9. The Balaban J connectivity index is 1.29. The van der Waals surface area contributed by atoms with Gasteiger partial charge in [0.05, 0.1) is 35.9 Å². The summed E-state index contributed by atoms with van der Waals surface area (Å²) < 4.78 is 18.8. The Morgan fingerprint density at radius 2 is 1.92 bits per heavy atom. The highest BCUT2D eigenvalue weighted by Gasteiger charge is 2.42. The van der Waals surface area contributed by atoms with Crippen LogP contribution in [-0.4, -0.2) is 66.2 Å². The van der Waals surface area contributed by atoms with Gasteiger partial charge in [-0.25, -0.2) is 4.39 Å². The van der Waals surface area contributed by atoms with Gasteiger partial charge in [0, 0.05) is 31.3 Å². The van der Waals surface area contributed by atoms with Crippen LogP contribution < -0.4 is 10.6 Å². The van der Waals surface area contributed by atoms with E-state index in [1.54, 1.807) is 30.3 Å². The summed E-state index contributed by atoms with van der Waals surface area (Å²) in [6.45, 7) is 2.91. The van der Waals surface area contributed by atoms with Crippen molar-refractivity contribution in [1.29, 1.82) is 5.26 Å². The molecule has 1 aliphatic carbocycles. The molecule has 38 heavy (non-hydrogen) atoms. The maximum Gasteiger partial charge on any atom is 0.251 e. The standard InChI is InChI=1S/C29H35FN4O4/c1-2-38-26-19-34(24-10-12-29(37,13-11-24)23-8-6-20(16-31)7-9-23)18-25(26)33-27(35)17-32-28(36)22-5-3-4-21(14-22)15-30/h3-9,14,24-26,37H,2,10-13,15,17-19H2,1H3,(H,32,36)(H,33,35)/t24?,25-,26?,29?/m0/s1. The van der Waals surface area contributed by atoms with Crippen LogP contribution in [0.15, 0.2) is 48.5 Å². The van der Waals surface area contributed by atoms with E-state index in [1.165, 1.54) is 6.07 Å². The largest absolute Gasteiger partial charge is 0.385 e. The topological polar surface area (TPSA) is 115 Å². The van der Waals surface area contributed by atoms with E-state index in [0.29, 0.717) is 49.2 Å². The summed E-state index contributed by atoms with van der Waals surface area (Å²) in [5.41, 5.74) is 1.23. The van der Waals surface area contributed by atoms with Crippen molar-refractivity contribution in [3.63, 3.8) is 0 Å². The summed E-state index contributed by atoms with van der Waals surface area (Å²) in [6.07, 6.45) is 2.69. The number of alkyl halides is 1. The molecule has 2 amide bonds. The minimum atomic E-state index is -0.904. The second-order valence-electron chi connectivity index (χ2n) is 10.1. The van der Waals surface area contributed by atoms with Crippen LogP contribution in [0.2, 0.25) is 0 Å². The van der Waals surface area contributed by atoms with Gasteiger partial charge in [0.2, 0.25) is 5.91 Å². The second-order valence-corrected chi connectivity index (χ2v) is 10.1. The SMILES string of the molecule is CCOC1CN(C2CCC(O)(c3ccc(C#N)cc3)CC2)C[C@@H]1NC(=O)CNC(=O)c1cccc(CF)c1. The number of rotatable bonds is 9. The Bertz CT molecular complexity index is 1160. The van der Waals surface area contributed by atoms with E-state index >= 15 is 0 Å². The first-order valence-corrected chi connectivity index (χ1v) is 13.2. The predicted molar refractivity (Wildman–Crippen MR) is 140 cm³/mol. The Morgan fingerprint density at radius 1 is 1.18 bits per heavy atom. The fourth-order valence-corrected chi connectivity index (χ4v) is 5.53. The zero-order chi connectivity index (χ0) is 27.1. The smallest absolute Gasteiger partial charge is 0.251 e. The summed E-state index contributed by atoms with van der Waals surface area (Å²) in [6, 6.07) is 15.6. The summed E-state index contributed by atoms with van der Waals surface area (Å²) >= 11 is 0. The Kier molecular flexibility index (Phi) is 9.10. The molecule has 0 spiro atoms. The summed E-state index contributed by atoms with van der Waals surface area (Å²) in [5, 5.41) is 25.9. The number of amides is 2. The molecule has 2 aliphatic rings. The van der Waals surface area contributed by atoms with Gasteiger partial charge < -0.3 is 20.5 Å². The highest BCUT2D eigenvalue weighted by atomic mass is 19.1. The van der Waals surface area contributed by atoms with Crippen LogP contribution in [0.5, 0.6) is 0 Å². The highest BCUT2D eigenvalue weighted by molar-refractivity contribution is 5.96. The number of aliphatic hydroxyl groups is 1. The van der Waals surface area contributed by atoms with Crippen LogP contribution in [0.25, 0.3) is 0 Å². The van der Waals surface area contributed by atoms with Crippen molar-refractivity contribution in [1.82, 2.24) is 15.5 Å². The lowest BCUT2D eigenvalue weighted by atomic mass is 9.77. The molecule has 1 saturated heterocycles. The van der Waals surface area contributed by atoms with Gasteiger partial charge in [0.25, 0.3) is 5.91 Å². The second kappa shape index (κ2) is 12.5. The van der Waals surface area contributed by atoms with E-state index < -0.39 is 18.2 Å². The molecule has 202 valence electrons. The van der Waals surface area contributed by atoms with E-state index in [9.17, 15) is 19.1 Å². The van der Waals surface area contributed by atoms with Crippen molar-refractivity contribution in [3.05, 3.63) is 70.8 Å². The number of carbonyl (C=O) groups excluding carboxylic acids is 2. The normalized spacial score (nSPS) is 25.5. The molecule has 1 unspecified atom stereocenters. The molecular formula is C29H35FN4O4. The first-order chi connectivity index (χ1) is 18.3. The first kappa shape index (κ1) is 27.7. The van der Waals surface area contributed by atoms with Crippen LogP contribution in [0.3, 0.4) is 0 Å². The lowest BCUT2D eigenvalue weighted by molar-refractivity contribution is -0.121. The molecule has 0 bridgehead atoms. The van der Waals surface area contributed by atoms with Gasteiger partial charge in [-0.3, -0.25) is 14.5 Å². The number of nitrogens with zero attached hydrogens (tertiary/aromatic N) is 2. The molecule has 1 heterocycles. The number of carbonyl (C=O) groups is 2. The average molecular weight is 523 g/mol. The Hall–Kier alpha value is -3.32. The number of hydrogen-bond donors (Lipinski definition) is 3. The maximum atomic E-state index is 12.9. The van der Waals surface area contributed by atoms with Gasteiger partial charge in [-0.2, -0.15) is 5.26 Å². The van der Waals surface area contributed by atoms with Gasteiger partial charge in [-0.1, -0.05) is 24.3 Å². The molecule has 2 atom stereocenters. The number of likely N-dealkylation sites (tertiary alicyclic amines) is 1. The molecule has 2 aromatic carbocycles. The number of ether oxygens (including phenoxy) is 1. The number of benzene rings is 2. The van der Waals surface area contributed by atoms with Gasteiger partial charge in [0.15, 0.2) is 0 Å². The molecule has 2 aromatic rings. The Labute approximate surface area is 222 Å². The minimum absolute atomic E-state index is 0.166. The summed E-state index contributed by atoms with van der Waals surface area (Å²) in [4.78, 5) is 27.4. The molecule has 4 rings (SSSR count). The fraction of sp³-hybridized carbons (Fsp3) is 0.483. The van der Waals surface area contributed by atoms with E-state index in [-0.39, 0.29) is 30.6 Å². The fourth-order valence-electron chi connectivity index (χ4n) is 5.53. The van der Waals surface area contributed by atoms with Crippen molar-refractivity contribution in [2.75, 3.05) is 26.2 Å². The van der Waals surface area contributed by atoms with Crippen molar-refractivity contribution < 1.29 is 23.8 Å². The van der Waals surface area contributed by atoms with Crippen molar-refractivity contribution >= 4 is 11.8 Å². The first-order valence-electron chi connectivity index (χ1n) is 13.2. The average Bonchev–Trinajstić information content (AvgIpc) is 3.34. The molecule has 9 heteroatoms. The molecule has 8 nitrogen and oxygen atoms in total. The van der Waals surface area contributed by atoms with Crippen molar-refractivity contribution in [3.8, 4) is 6.07 Å². The number of hydrogen-bond acceptors (Lipinski definition) is 6. The van der Waals surface area contributed by atoms with Gasteiger partial charge in [0.1, 0.15) is 6.67 Å². The molecule has 2 fully saturated rings. The van der Waals surface area contributed by atoms with Crippen molar-refractivity contribution in [2.45, 2.75) is 63.1 Å². The van der Waals surface area contributed by atoms with E-state index in [2.05, 4.69) is 21.6 Å². The number of nitriles is 1. The third-order valence-electron chi connectivity index (χ3n) is 7.62. The Morgan fingerprint density at radius 3 is 2.58 bits per heavy atom. The quantitative estimate of drug-likeness (QED) is 0.467. The van der Waals surface area contributed by atoms with E-state index in [0.717, 1.165) is 18.4 Å². The lowest BCUT2D eigenvalue weighted by Gasteiger charge is -2.40. The monoisotopic (exact) mass is 522 g/mol. The predicted octanol–water partition coefficient (Wildman–Crippen LogP) is 2.79. The molecule has 1 aliphatic heterocycles. The van der Waals surface area contributed by atoms with Crippen molar-refractivity contribution in [2.24, 2.45) is 0 Å². The lowest BCUT2D eigenvalue weighted by Crippen LogP contribution is -2.48. The number of halogens is 1. The zero-order valence-electron chi connectivity index (χ0n) is 21.7. The summed E-state index contributed by atoms with van der Waals surface area (Å²) in [5.74, 6) is -0.739. The van der Waals surface area contributed by atoms with Crippen LogP contribution in [0.4, 0.5) is 4.39 Å². The molecule has 0 radical (unpaired) electrons. The van der Waals surface area contributed by atoms with Crippen LogP contribution in [-0.2, 0) is 21.8 Å². The minimum Gasteiger partial charge on any atom is -0.385 e. The summed E-state index contributed by atoms with van der Waals surface area (Å²) in [7, 11) is 0. The van der Waals surface area contributed by atoms with E-state index in [4.69, 9.17) is 10.00 Å². The van der Waals surface area contributed by atoms with Gasteiger partial charge in [-0.05, 0) is 68.0 Å². The van der Waals surface area contributed by atoms with Crippen LogP contribution in [0.1, 0.15) is 59.7 Å². The third kappa shape index (κ3) is 6.57. The number of nitrogens with one attached hydrogen (secondary N) is 2. The molecule has 0 aromatic heterocycles. The molecule has 3 N–H and O–H groups in total. The van der Waals surface area contributed by atoms with Gasteiger partial charge >= 0.3 is 0 Å². The van der Waals surface area contributed by atoms with Gasteiger partial charge in [-0.15, -0.1) is 0 Å². The third-order valence-corrected chi connectivity index (χ3v) is 7.62.